The largest absolute Gasteiger partial charge is 0.383 e. The number of ether oxygens (including phenoxy) is 1. The summed E-state index contributed by atoms with van der Waals surface area (Å²) in [5.41, 5.74) is 0.764. The van der Waals surface area contributed by atoms with Crippen molar-refractivity contribution in [1.82, 2.24) is 5.32 Å². The zero-order chi connectivity index (χ0) is 12.7. The van der Waals surface area contributed by atoms with Crippen molar-refractivity contribution >= 4 is 0 Å². The van der Waals surface area contributed by atoms with Crippen LogP contribution in [-0.4, -0.2) is 25.8 Å². The van der Waals surface area contributed by atoms with Gasteiger partial charge < -0.3 is 10.1 Å². The molecular formula is C14H22FNO. The summed E-state index contributed by atoms with van der Waals surface area (Å²) in [5.74, 6) is -0.124. The summed E-state index contributed by atoms with van der Waals surface area (Å²) in [6.07, 6.45) is 1.71. The van der Waals surface area contributed by atoms with Crippen molar-refractivity contribution in [3.05, 3.63) is 35.6 Å². The first-order chi connectivity index (χ1) is 8.17. The Morgan fingerprint density at radius 1 is 1.35 bits per heavy atom. The highest BCUT2D eigenvalue weighted by molar-refractivity contribution is 5.18. The summed E-state index contributed by atoms with van der Waals surface area (Å²) in [4.78, 5) is 0. The van der Waals surface area contributed by atoms with E-state index in [0.29, 0.717) is 19.1 Å². The molecule has 0 radical (unpaired) electrons. The molecule has 1 aromatic carbocycles. The topological polar surface area (TPSA) is 21.3 Å². The molecule has 17 heavy (non-hydrogen) atoms. The SMILES string of the molecule is CCC(COC)NC(C)Cc1ccccc1F. The van der Waals surface area contributed by atoms with E-state index >= 15 is 0 Å². The minimum atomic E-state index is -0.124. The fraction of sp³-hybridized carbons (Fsp3) is 0.571. The first-order valence-electron chi connectivity index (χ1n) is 6.15. The van der Waals surface area contributed by atoms with E-state index in [0.717, 1.165) is 12.0 Å². The van der Waals surface area contributed by atoms with Gasteiger partial charge in [-0.15, -0.1) is 0 Å². The van der Waals surface area contributed by atoms with Crippen LogP contribution in [0.2, 0.25) is 0 Å². The van der Waals surface area contributed by atoms with E-state index in [4.69, 9.17) is 4.74 Å². The standard InChI is InChI=1S/C14H22FNO/c1-4-13(10-17-3)16-11(2)9-12-7-5-6-8-14(12)15/h5-8,11,13,16H,4,9-10H2,1-3H3. The second-order valence-electron chi connectivity index (χ2n) is 4.42. The molecule has 0 aliphatic rings. The third kappa shape index (κ3) is 4.84. The molecule has 2 atom stereocenters. The molecule has 2 unspecified atom stereocenters. The van der Waals surface area contributed by atoms with Crippen molar-refractivity contribution < 1.29 is 9.13 Å². The minimum absolute atomic E-state index is 0.124. The van der Waals surface area contributed by atoms with Gasteiger partial charge in [-0.1, -0.05) is 25.1 Å². The monoisotopic (exact) mass is 239 g/mol. The summed E-state index contributed by atoms with van der Waals surface area (Å²) >= 11 is 0. The average molecular weight is 239 g/mol. The van der Waals surface area contributed by atoms with Crippen LogP contribution < -0.4 is 5.32 Å². The van der Waals surface area contributed by atoms with Crippen molar-refractivity contribution in [2.24, 2.45) is 0 Å². The Labute approximate surface area is 103 Å². The second-order valence-corrected chi connectivity index (χ2v) is 4.42. The lowest BCUT2D eigenvalue weighted by molar-refractivity contribution is 0.159. The molecule has 0 amide bonds. The maximum absolute atomic E-state index is 13.5. The van der Waals surface area contributed by atoms with E-state index in [-0.39, 0.29) is 11.9 Å². The van der Waals surface area contributed by atoms with E-state index in [1.54, 1.807) is 13.2 Å². The molecule has 1 N–H and O–H groups in total. The van der Waals surface area contributed by atoms with Crippen LogP contribution in [0.3, 0.4) is 0 Å². The lowest BCUT2D eigenvalue weighted by Gasteiger charge is -2.21. The molecule has 0 aliphatic carbocycles. The zero-order valence-corrected chi connectivity index (χ0v) is 10.9. The molecule has 0 fully saturated rings. The van der Waals surface area contributed by atoms with Crippen LogP contribution in [0.5, 0.6) is 0 Å². The number of rotatable bonds is 7. The summed E-state index contributed by atoms with van der Waals surface area (Å²) < 4.78 is 18.6. The van der Waals surface area contributed by atoms with Crippen molar-refractivity contribution in [1.29, 1.82) is 0 Å². The van der Waals surface area contributed by atoms with Gasteiger partial charge in [0.05, 0.1) is 6.61 Å². The average Bonchev–Trinajstić information content (AvgIpc) is 2.31. The van der Waals surface area contributed by atoms with Gasteiger partial charge in [-0.25, -0.2) is 4.39 Å². The number of hydrogen-bond acceptors (Lipinski definition) is 2. The van der Waals surface area contributed by atoms with E-state index in [9.17, 15) is 4.39 Å². The molecule has 3 heteroatoms. The predicted octanol–water partition coefficient (Wildman–Crippen LogP) is 2.77. The van der Waals surface area contributed by atoms with Gasteiger partial charge in [-0.2, -0.15) is 0 Å². The fourth-order valence-corrected chi connectivity index (χ4v) is 1.94. The molecule has 0 bridgehead atoms. The van der Waals surface area contributed by atoms with Crippen LogP contribution in [0.15, 0.2) is 24.3 Å². The number of benzene rings is 1. The predicted molar refractivity (Wildman–Crippen MR) is 68.7 cm³/mol. The molecule has 0 saturated carbocycles. The van der Waals surface area contributed by atoms with Gasteiger partial charge in [0.25, 0.3) is 0 Å². The van der Waals surface area contributed by atoms with Crippen LogP contribution in [0, 0.1) is 5.82 Å². The summed E-state index contributed by atoms with van der Waals surface area (Å²) in [5, 5.41) is 3.45. The quantitative estimate of drug-likeness (QED) is 0.790. The first kappa shape index (κ1) is 14.1. The Hall–Kier alpha value is -0.930. The molecule has 1 aromatic rings. The van der Waals surface area contributed by atoms with Gasteiger partial charge >= 0.3 is 0 Å². The van der Waals surface area contributed by atoms with Gasteiger partial charge in [0.1, 0.15) is 5.82 Å². The minimum Gasteiger partial charge on any atom is -0.383 e. The molecule has 96 valence electrons. The highest BCUT2D eigenvalue weighted by Gasteiger charge is 2.12. The van der Waals surface area contributed by atoms with Crippen molar-refractivity contribution in [2.45, 2.75) is 38.8 Å². The highest BCUT2D eigenvalue weighted by Crippen LogP contribution is 2.09. The van der Waals surface area contributed by atoms with Crippen LogP contribution in [0.4, 0.5) is 4.39 Å². The summed E-state index contributed by atoms with van der Waals surface area (Å²) in [6.45, 7) is 4.88. The lowest BCUT2D eigenvalue weighted by Crippen LogP contribution is -2.40. The zero-order valence-electron chi connectivity index (χ0n) is 10.9. The maximum atomic E-state index is 13.5. The molecule has 0 heterocycles. The molecule has 2 nitrogen and oxygen atoms in total. The normalized spacial score (nSPS) is 14.6. The Morgan fingerprint density at radius 3 is 2.65 bits per heavy atom. The van der Waals surface area contributed by atoms with E-state index < -0.39 is 0 Å². The van der Waals surface area contributed by atoms with Gasteiger partial charge in [0.2, 0.25) is 0 Å². The highest BCUT2D eigenvalue weighted by atomic mass is 19.1. The second kappa shape index (κ2) is 7.41. The smallest absolute Gasteiger partial charge is 0.126 e. The Kier molecular flexibility index (Phi) is 6.16. The number of nitrogens with one attached hydrogen (secondary N) is 1. The van der Waals surface area contributed by atoms with Crippen molar-refractivity contribution in [3.63, 3.8) is 0 Å². The lowest BCUT2D eigenvalue weighted by atomic mass is 10.1. The molecule has 1 rings (SSSR count). The van der Waals surface area contributed by atoms with Crippen LogP contribution in [-0.2, 0) is 11.2 Å². The number of halogens is 1. The fourth-order valence-electron chi connectivity index (χ4n) is 1.94. The summed E-state index contributed by atoms with van der Waals surface area (Å²) in [6, 6.07) is 7.52. The number of methoxy groups -OCH3 is 1. The van der Waals surface area contributed by atoms with E-state index in [2.05, 4.69) is 19.2 Å². The summed E-state index contributed by atoms with van der Waals surface area (Å²) in [7, 11) is 1.70. The van der Waals surface area contributed by atoms with Crippen molar-refractivity contribution in [3.8, 4) is 0 Å². The van der Waals surface area contributed by atoms with Gasteiger partial charge in [-0.05, 0) is 31.4 Å². The Bertz CT molecular complexity index is 330. The Balaban J connectivity index is 2.49. The molecule has 0 saturated heterocycles. The van der Waals surface area contributed by atoms with E-state index in [1.807, 2.05) is 12.1 Å². The van der Waals surface area contributed by atoms with Crippen molar-refractivity contribution in [2.75, 3.05) is 13.7 Å². The van der Waals surface area contributed by atoms with Gasteiger partial charge in [-0.3, -0.25) is 0 Å². The Morgan fingerprint density at radius 2 is 2.06 bits per heavy atom. The molecule has 0 aliphatic heterocycles. The molecule has 0 aromatic heterocycles. The van der Waals surface area contributed by atoms with Crippen LogP contribution in [0.1, 0.15) is 25.8 Å². The molecular weight excluding hydrogens is 217 g/mol. The molecule has 0 spiro atoms. The van der Waals surface area contributed by atoms with Gasteiger partial charge in [0, 0.05) is 19.2 Å². The maximum Gasteiger partial charge on any atom is 0.126 e. The number of hydrogen-bond donors (Lipinski definition) is 1. The third-order valence-corrected chi connectivity index (χ3v) is 2.86. The van der Waals surface area contributed by atoms with Crippen LogP contribution >= 0.6 is 0 Å². The van der Waals surface area contributed by atoms with E-state index in [1.165, 1.54) is 6.07 Å². The van der Waals surface area contributed by atoms with Crippen LogP contribution in [0.25, 0.3) is 0 Å². The third-order valence-electron chi connectivity index (χ3n) is 2.86. The van der Waals surface area contributed by atoms with Gasteiger partial charge in [0.15, 0.2) is 0 Å². The first-order valence-corrected chi connectivity index (χ1v) is 6.15.